The summed E-state index contributed by atoms with van der Waals surface area (Å²) in [5, 5.41) is 3.20. The van der Waals surface area contributed by atoms with Crippen molar-refractivity contribution in [3.05, 3.63) is 42.5 Å². The van der Waals surface area contributed by atoms with E-state index in [4.69, 9.17) is 0 Å². The molecular formula is C16H19N5O. The van der Waals surface area contributed by atoms with E-state index in [1.54, 1.807) is 18.6 Å². The standard InChI is InChI=1S/C16H19N5O/c1-2-14(22)21-11-5-6-12(21)15-16(19-10-9-18-15)20-13-7-3-4-8-17-13/h3-4,7-10,12H,2,5-6,11H2,1H3,(H,17,19,20)/t12-/m0/s1. The average molecular weight is 297 g/mol. The molecule has 1 aliphatic heterocycles. The van der Waals surface area contributed by atoms with E-state index in [0.29, 0.717) is 12.2 Å². The molecule has 1 fully saturated rings. The van der Waals surface area contributed by atoms with Gasteiger partial charge in [-0.3, -0.25) is 9.78 Å². The molecule has 3 heterocycles. The zero-order valence-corrected chi connectivity index (χ0v) is 12.6. The number of likely N-dealkylation sites (tertiary alicyclic amines) is 1. The third-order valence-electron chi connectivity index (χ3n) is 3.83. The number of hydrogen-bond acceptors (Lipinski definition) is 5. The molecular weight excluding hydrogens is 278 g/mol. The highest BCUT2D eigenvalue weighted by atomic mass is 16.2. The molecule has 1 atom stereocenters. The third-order valence-corrected chi connectivity index (χ3v) is 3.83. The number of hydrogen-bond donors (Lipinski definition) is 1. The molecule has 0 unspecified atom stereocenters. The predicted molar refractivity (Wildman–Crippen MR) is 83.5 cm³/mol. The lowest BCUT2D eigenvalue weighted by Crippen LogP contribution is -2.30. The van der Waals surface area contributed by atoms with Crippen molar-refractivity contribution in [2.45, 2.75) is 32.2 Å². The molecule has 0 saturated carbocycles. The molecule has 22 heavy (non-hydrogen) atoms. The summed E-state index contributed by atoms with van der Waals surface area (Å²) in [6.45, 7) is 2.68. The summed E-state index contributed by atoms with van der Waals surface area (Å²) in [4.78, 5) is 27.1. The molecule has 0 radical (unpaired) electrons. The lowest BCUT2D eigenvalue weighted by molar-refractivity contribution is -0.131. The molecule has 2 aromatic rings. The van der Waals surface area contributed by atoms with Crippen LogP contribution in [0, 0.1) is 0 Å². The summed E-state index contributed by atoms with van der Waals surface area (Å²) in [5.41, 5.74) is 0.812. The summed E-state index contributed by atoms with van der Waals surface area (Å²) in [7, 11) is 0. The van der Waals surface area contributed by atoms with E-state index in [2.05, 4.69) is 20.3 Å². The van der Waals surface area contributed by atoms with Crippen LogP contribution in [-0.4, -0.2) is 32.3 Å². The van der Waals surface area contributed by atoms with Crippen LogP contribution >= 0.6 is 0 Å². The van der Waals surface area contributed by atoms with Gasteiger partial charge in [-0.15, -0.1) is 0 Å². The monoisotopic (exact) mass is 297 g/mol. The van der Waals surface area contributed by atoms with Crippen LogP contribution in [0.5, 0.6) is 0 Å². The Hall–Kier alpha value is -2.50. The number of carbonyl (C=O) groups is 1. The van der Waals surface area contributed by atoms with E-state index >= 15 is 0 Å². The molecule has 1 aliphatic rings. The van der Waals surface area contributed by atoms with Gasteiger partial charge in [0.1, 0.15) is 11.5 Å². The van der Waals surface area contributed by atoms with Crippen LogP contribution in [0.1, 0.15) is 37.9 Å². The fourth-order valence-corrected chi connectivity index (χ4v) is 2.80. The summed E-state index contributed by atoms with van der Waals surface area (Å²) < 4.78 is 0. The van der Waals surface area contributed by atoms with Gasteiger partial charge in [0.2, 0.25) is 5.91 Å². The largest absolute Gasteiger partial charge is 0.334 e. The van der Waals surface area contributed by atoms with Crippen molar-refractivity contribution < 1.29 is 4.79 Å². The Kier molecular flexibility index (Phi) is 4.27. The van der Waals surface area contributed by atoms with Crippen LogP contribution in [0.25, 0.3) is 0 Å². The number of pyridine rings is 1. The van der Waals surface area contributed by atoms with E-state index in [-0.39, 0.29) is 11.9 Å². The van der Waals surface area contributed by atoms with Crippen LogP contribution in [-0.2, 0) is 4.79 Å². The number of amides is 1. The highest BCUT2D eigenvalue weighted by Crippen LogP contribution is 2.34. The summed E-state index contributed by atoms with van der Waals surface area (Å²) in [6.07, 6.45) is 7.47. The summed E-state index contributed by atoms with van der Waals surface area (Å²) >= 11 is 0. The number of rotatable bonds is 4. The second kappa shape index (κ2) is 6.51. The molecule has 114 valence electrons. The van der Waals surface area contributed by atoms with E-state index in [0.717, 1.165) is 30.9 Å². The Balaban J connectivity index is 1.89. The Morgan fingerprint density at radius 2 is 2.14 bits per heavy atom. The highest BCUT2D eigenvalue weighted by Gasteiger charge is 2.32. The number of carbonyl (C=O) groups excluding carboxylic acids is 1. The molecule has 0 aromatic carbocycles. The minimum Gasteiger partial charge on any atom is -0.334 e. The molecule has 0 aliphatic carbocycles. The van der Waals surface area contributed by atoms with E-state index in [9.17, 15) is 4.79 Å². The maximum absolute atomic E-state index is 12.1. The van der Waals surface area contributed by atoms with Gasteiger partial charge in [-0.2, -0.15) is 0 Å². The average Bonchev–Trinajstić information content (AvgIpc) is 3.05. The molecule has 2 aromatic heterocycles. The van der Waals surface area contributed by atoms with Crippen molar-refractivity contribution in [3.63, 3.8) is 0 Å². The normalized spacial score (nSPS) is 17.5. The minimum atomic E-state index is -0.00707. The Bertz CT molecular complexity index is 646. The number of nitrogens with zero attached hydrogens (tertiary/aromatic N) is 4. The van der Waals surface area contributed by atoms with Crippen LogP contribution in [0.3, 0.4) is 0 Å². The van der Waals surface area contributed by atoms with Gasteiger partial charge in [0.05, 0.1) is 6.04 Å². The number of aromatic nitrogens is 3. The predicted octanol–water partition coefficient (Wildman–Crippen LogP) is 2.69. The maximum atomic E-state index is 12.1. The zero-order chi connectivity index (χ0) is 15.4. The van der Waals surface area contributed by atoms with Crippen molar-refractivity contribution in [3.8, 4) is 0 Å². The number of nitrogens with one attached hydrogen (secondary N) is 1. The van der Waals surface area contributed by atoms with Crippen LogP contribution in [0.15, 0.2) is 36.8 Å². The Labute approximate surface area is 129 Å². The summed E-state index contributed by atoms with van der Waals surface area (Å²) in [6, 6.07) is 5.64. The molecule has 6 heteroatoms. The lowest BCUT2D eigenvalue weighted by atomic mass is 10.1. The first-order chi connectivity index (χ1) is 10.8. The fourth-order valence-electron chi connectivity index (χ4n) is 2.80. The van der Waals surface area contributed by atoms with E-state index < -0.39 is 0 Å². The lowest BCUT2D eigenvalue weighted by Gasteiger charge is -2.25. The van der Waals surface area contributed by atoms with E-state index in [1.807, 2.05) is 30.0 Å². The van der Waals surface area contributed by atoms with Crippen molar-refractivity contribution in [1.29, 1.82) is 0 Å². The van der Waals surface area contributed by atoms with Gasteiger partial charge in [-0.05, 0) is 25.0 Å². The van der Waals surface area contributed by atoms with Gasteiger partial charge < -0.3 is 10.2 Å². The molecule has 0 spiro atoms. The quantitative estimate of drug-likeness (QED) is 0.939. The maximum Gasteiger partial charge on any atom is 0.222 e. The van der Waals surface area contributed by atoms with Crippen molar-refractivity contribution >= 4 is 17.5 Å². The molecule has 1 N–H and O–H groups in total. The minimum absolute atomic E-state index is 0.00707. The van der Waals surface area contributed by atoms with E-state index in [1.165, 1.54) is 0 Å². The smallest absolute Gasteiger partial charge is 0.222 e. The zero-order valence-electron chi connectivity index (χ0n) is 12.6. The first-order valence-electron chi connectivity index (χ1n) is 7.58. The topological polar surface area (TPSA) is 71.0 Å². The first-order valence-corrected chi connectivity index (χ1v) is 7.58. The highest BCUT2D eigenvalue weighted by molar-refractivity contribution is 5.77. The second-order valence-corrected chi connectivity index (χ2v) is 5.23. The van der Waals surface area contributed by atoms with Crippen LogP contribution < -0.4 is 5.32 Å². The van der Waals surface area contributed by atoms with Crippen molar-refractivity contribution in [2.75, 3.05) is 11.9 Å². The molecule has 3 rings (SSSR count). The Morgan fingerprint density at radius 1 is 1.27 bits per heavy atom. The van der Waals surface area contributed by atoms with Gasteiger partial charge in [-0.1, -0.05) is 13.0 Å². The van der Waals surface area contributed by atoms with Gasteiger partial charge in [0.15, 0.2) is 5.82 Å². The molecule has 1 saturated heterocycles. The van der Waals surface area contributed by atoms with Crippen molar-refractivity contribution in [1.82, 2.24) is 19.9 Å². The fraction of sp³-hybridized carbons (Fsp3) is 0.375. The van der Waals surface area contributed by atoms with Gasteiger partial charge in [0, 0.05) is 31.6 Å². The number of anilines is 2. The first kappa shape index (κ1) is 14.4. The third kappa shape index (κ3) is 2.90. The van der Waals surface area contributed by atoms with Crippen LogP contribution in [0.4, 0.5) is 11.6 Å². The van der Waals surface area contributed by atoms with Gasteiger partial charge in [0.25, 0.3) is 0 Å². The van der Waals surface area contributed by atoms with Crippen molar-refractivity contribution in [2.24, 2.45) is 0 Å². The molecule has 6 nitrogen and oxygen atoms in total. The molecule has 0 bridgehead atoms. The SMILES string of the molecule is CCC(=O)N1CCC[C@H]1c1nccnc1Nc1ccccn1. The Morgan fingerprint density at radius 3 is 2.91 bits per heavy atom. The summed E-state index contributed by atoms with van der Waals surface area (Å²) in [5.74, 6) is 1.55. The second-order valence-electron chi connectivity index (χ2n) is 5.23. The van der Waals surface area contributed by atoms with Gasteiger partial charge >= 0.3 is 0 Å². The van der Waals surface area contributed by atoms with Gasteiger partial charge in [-0.25, -0.2) is 9.97 Å². The molecule has 1 amide bonds. The van der Waals surface area contributed by atoms with Crippen LogP contribution in [0.2, 0.25) is 0 Å².